The Bertz CT molecular complexity index is 262. The lowest BCUT2D eigenvalue weighted by atomic mass is 9.70. The highest BCUT2D eigenvalue weighted by atomic mass is 16.4. The van der Waals surface area contributed by atoms with Crippen molar-refractivity contribution in [2.45, 2.75) is 48.0 Å². The van der Waals surface area contributed by atoms with Crippen LogP contribution < -0.4 is 0 Å². The zero-order chi connectivity index (χ0) is 12.4. The molecule has 1 N–H and O–H groups in total. The van der Waals surface area contributed by atoms with Crippen LogP contribution in [0.25, 0.3) is 0 Å². The van der Waals surface area contributed by atoms with Gasteiger partial charge >= 0.3 is 5.97 Å². The number of ketones is 1. The van der Waals surface area contributed by atoms with E-state index in [0.717, 1.165) is 0 Å². The van der Waals surface area contributed by atoms with Crippen molar-refractivity contribution in [1.29, 1.82) is 0 Å². The monoisotopic (exact) mass is 214 g/mol. The quantitative estimate of drug-likeness (QED) is 0.765. The first-order valence-electron chi connectivity index (χ1n) is 5.28. The maximum atomic E-state index is 11.9. The SMILES string of the molecule is CC(C)C(=O)C(C)(C)CC(C)(C)C(=O)O. The summed E-state index contributed by atoms with van der Waals surface area (Å²) in [6.45, 7) is 10.6. The predicted molar refractivity (Wildman–Crippen MR) is 59.7 cm³/mol. The summed E-state index contributed by atoms with van der Waals surface area (Å²) in [5.74, 6) is -0.784. The Kier molecular flexibility index (Phi) is 4.08. The summed E-state index contributed by atoms with van der Waals surface area (Å²) in [5.41, 5.74) is -1.43. The summed E-state index contributed by atoms with van der Waals surface area (Å²) >= 11 is 0. The molecule has 0 aliphatic rings. The Morgan fingerprint density at radius 2 is 1.47 bits per heavy atom. The number of aliphatic carboxylic acids is 1. The maximum absolute atomic E-state index is 11.9. The van der Waals surface area contributed by atoms with Crippen molar-refractivity contribution in [3.05, 3.63) is 0 Å². The first-order chi connectivity index (χ1) is 6.50. The van der Waals surface area contributed by atoms with Gasteiger partial charge in [0, 0.05) is 11.3 Å². The molecule has 0 radical (unpaired) electrons. The minimum atomic E-state index is -0.855. The summed E-state index contributed by atoms with van der Waals surface area (Å²) in [5, 5.41) is 9.01. The topological polar surface area (TPSA) is 54.4 Å². The van der Waals surface area contributed by atoms with Gasteiger partial charge in [-0.15, -0.1) is 0 Å². The van der Waals surface area contributed by atoms with Crippen LogP contribution in [0.4, 0.5) is 0 Å². The molecule has 0 aliphatic heterocycles. The molecule has 0 saturated heterocycles. The minimum absolute atomic E-state index is 0.0513. The molecule has 0 aromatic rings. The Balaban J connectivity index is 4.79. The Morgan fingerprint density at radius 3 is 1.73 bits per heavy atom. The van der Waals surface area contributed by atoms with Gasteiger partial charge in [0.15, 0.2) is 0 Å². The van der Waals surface area contributed by atoms with Gasteiger partial charge in [-0.25, -0.2) is 0 Å². The fraction of sp³-hybridized carbons (Fsp3) is 0.833. The number of carbonyl (C=O) groups is 2. The van der Waals surface area contributed by atoms with Crippen molar-refractivity contribution in [3.63, 3.8) is 0 Å². The molecule has 0 rings (SSSR count). The van der Waals surface area contributed by atoms with E-state index in [0.29, 0.717) is 6.42 Å². The van der Waals surface area contributed by atoms with Crippen LogP contribution in [-0.2, 0) is 9.59 Å². The van der Waals surface area contributed by atoms with Crippen LogP contribution in [0.2, 0.25) is 0 Å². The number of hydrogen-bond donors (Lipinski definition) is 1. The molecule has 0 saturated carbocycles. The third-order valence-corrected chi connectivity index (χ3v) is 2.65. The van der Waals surface area contributed by atoms with Crippen LogP contribution in [0.5, 0.6) is 0 Å². The van der Waals surface area contributed by atoms with Crippen molar-refractivity contribution < 1.29 is 14.7 Å². The second-order valence-electron chi connectivity index (χ2n) is 5.77. The third-order valence-electron chi connectivity index (χ3n) is 2.65. The lowest BCUT2D eigenvalue weighted by molar-refractivity contribution is -0.150. The first kappa shape index (κ1) is 14.1. The highest BCUT2D eigenvalue weighted by Gasteiger charge is 2.39. The molecule has 3 nitrogen and oxygen atoms in total. The van der Waals surface area contributed by atoms with E-state index >= 15 is 0 Å². The fourth-order valence-corrected chi connectivity index (χ4v) is 2.05. The van der Waals surface area contributed by atoms with Crippen LogP contribution in [0.1, 0.15) is 48.0 Å². The molecule has 15 heavy (non-hydrogen) atoms. The summed E-state index contributed by atoms with van der Waals surface area (Å²) in [6, 6.07) is 0. The van der Waals surface area contributed by atoms with Crippen LogP contribution in [-0.4, -0.2) is 16.9 Å². The van der Waals surface area contributed by atoms with Crippen molar-refractivity contribution >= 4 is 11.8 Å². The molecule has 0 aliphatic carbocycles. The number of carbonyl (C=O) groups excluding carboxylic acids is 1. The molecule has 0 unspecified atom stereocenters. The molecule has 0 aromatic carbocycles. The Morgan fingerprint density at radius 1 is 1.07 bits per heavy atom. The number of rotatable bonds is 5. The van der Waals surface area contributed by atoms with Crippen LogP contribution in [0.15, 0.2) is 0 Å². The second-order valence-corrected chi connectivity index (χ2v) is 5.77. The van der Waals surface area contributed by atoms with E-state index in [1.54, 1.807) is 13.8 Å². The number of carboxylic acids is 1. The van der Waals surface area contributed by atoms with Gasteiger partial charge < -0.3 is 5.11 Å². The number of carboxylic acid groups (broad SMARTS) is 1. The van der Waals surface area contributed by atoms with Gasteiger partial charge in [0.1, 0.15) is 5.78 Å². The minimum Gasteiger partial charge on any atom is -0.481 e. The van der Waals surface area contributed by atoms with Gasteiger partial charge in [-0.3, -0.25) is 9.59 Å². The summed E-state index contributed by atoms with van der Waals surface area (Å²) in [6.07, 6.45) is 0.367. The van der Waals surface area contributed by atoms with E-state index < -0.39 is 16.8 Å². The molecule has 88 valence electrons. The van der Waals surface area contributed by atoms with E-state index in [1.807, 2.05) is 27.7 Å². The van der Waals surface area contributed by atoms with Gasteiger partial charge in [0.25, 0.3) is 0 Å². The van der Waals surface area contributed by atoms with Crippen molar-refractivity contribution in [2.24, 2.45) is 16.7 Å². The molecule has 3 heteroatoms. The molecule has 0 amide bonds. The maximum Gasteiger partial charge on any atom is 0.309 e. The zero-order valence-corrected chi connectivity index (χ0v) is 10.5. The van der Waals surface area contributed by atoms with E-state index in [-0.39, 0.29) is 11.7 Å². The fourth-order valence-electron chi connectivity index (χ4n) is 2.05. The number of Topliss-reactive ketones (excluding diaryl/α,β-unsaturated/α-hetero) is 1. The van der Waals surface area contributed by atoms with Crippen molar-refractivity contribution in [2.75, 3.05) is 0 Å². The highest BCUT2D eigenvalue weighted by molar-refractivity contribution is 5.86. The van der Waals surface area contributed by atoms with Gasteiger partial charge in [-0.1, -0.05) is 27.7 Å². The summed E-state index contributed by atoms with van der Waals surface area (Å²) in [4.78, 5) is 22.9. The van der Waals surface area contributed by atoms with Gasteiger partial charge in [-0.2, -0.15) is 0 Å². The smallest absolute Gasteiger partial charge is 0.309 e. The highest BCUT2D eigenvalue weighted by Crippen LogP contribution is 2.36. The van der Waals surface area contributed by atoms with Gasteiger partial charge in [0.2, 0.25) is 0 Å². The summed E-state index contributed by atoms with van der Waals surface area (Å²) < 4.78 is 0. The molecule has 0 bridgehead atoms. The molecule has 0 fully saturated rings. The molecular formula is C12H22O3. The Hall–Kier alpha value is -0.860. The molecule has 0 atom stereocenters. The predicted octanol–water partition coefficient (Wildman–Crippen LogP) is 2.74. The largest absolute Gasteiger partial charge is 0.481 e. The van der Waals surface area contributed by atoms with Crippen LogP contribution in [0, 0.1) is 16.7 Å². The average Bonchev–Trinajstić information content (AvgIpc) is 2.00. The van der Waals surface area contributed by atoms with Gasteiger partial charge in [0.05, 0.1) is 5.41 Å². The lowest BCUT2D eigenvalue weighted by Crippen LogP contribution is -2.36. The van der Waals surface area contributed by atoms with Gasteiger partial charge in [-0.05, 0) is 20.3 Å². The zero-order valence-electron chi connectivity index (χ0n) is 10.5. The van der Waals surface area contributed by atoms with E-state index in [1.165, 1.54) is 0 Å². The van der Waals surface area contributed by atoms with Crippen molar-refractivity contribution in [3.8, 4) is 0 Å². The molecule has 0 heterocycles. The van der Waals surface area contributed by atoms with E-state index in [2.05, 4.69) is 0 Å². The van der Waals surface area contributed by atoms with Crippen LogP contribution >= 0.6 is 0 Å². The first-order valence-corrected chi connectivity index (χ1v) is 5.28. The Labute approximate surface area is 91.9 Å². The van der Waals surface area contributed by atoms with Crippen LogP contribution in [0.3, 0.4) is 0 Å². The molecule has 0 aromatic heterocycles. The molecular weight excluding hydrogens is 192 g/mol. The lowest BCUT2D eigenvalue weighted by Gasteiger charge is -2.32. The van der Waals surface area contributed by atoms with Crippen molar-refractivity contribution in [1.82, 2.24) is 0 Å². The average molecular weight is 214 g/mol. The van der Waals surface area contributed by atoms with E-state index in [9.17, 15) is 9.59 Å². The molecule has 0 spiro atoms. The normalized spacial score (nSPS) is 13.0. The summed E-state index contributed by atoms with van der Waals surface area (Å²) in [7, 11) is 0. The third kappa shape index (κ3) is 3.65. The second kappa shape index (κ2) is 4.33. The van der Waals surface area contributed by atoms with E-state index in [4.69, 9.17) is 5.11 Å². The number of hydrogen-bond acceptors (Lipinski definition) is 2. The standard InChI is InChI=1S/C12H22O3/c1-8(2)9(13)11(3,4)7-12(5,6)10(14)15/h8H,7H2,1-6H3,(H,14,15).